The van der Waals surface area contributed by atoms with E-state index in [1.54, 1.807) is 0 Å². The number of hydrogen-bond donors (Lipinski definition) is 0. The predicted octanol–water partition coefficient (Wildman–Crippen LogP) is 1.26. The fraction of sp³-hybridized carbons (Fsp3) is 0.500. The second kappa shape index (κ2) is 5.12. The van der Waals surface area contributed by atoms with E-state index in [0.717, 1.165) is 5.71 Å². The van der Waals surface area contributed by atoms with Gasteiger partial charge in [-0.25, -0.2) is 0 Å². The standard InChI is InChI=1S/C4H8N.V/c1-4(2)5-3;/h3H2,1-2H3;/q-1;. The van der Waals surface area contributed by atoms with Gasteiger partial charge in [-0.1, -0.05) is 13.8 Å². The summed E-state index contributed by atoms with van der Waals surface area (Å²) in [6.07, 6.45) is 0. The smallest absolute Gasteiger partial charge is 0 e. The molecule has 0 aliphatic heterocycles. The van der Waals surface area contributed by atoms with Crippen LogP contribution in [0.4, 0.5) is 0 Å². The van der Waals surface area contributed by atoms with Gasteiger partial charge in [-0.2, -0.15) is 7.05 Å². The van der Waals surface area contributed by atoms with Gasteiger partial charge in [-0.15, -0.1) is 5.71 Å². The van der Waals surface area contributed by atoms with Crippen molar-refractivity contribution in [3.05, 3.63) is 7.05 Å². The molecule has 0 aromatic heterocycles. The fourth-order valence-corrected chi connectivity index (χ4v) is 0. The zero-order valence-electron chi connectivity index (χ0n) is 4.10. The monoisotopic (exact) mass is 121 g/mol. The van der Waals surface area contributed by atoms with E-state index >= 15 is 0 Å². The van der Waals surface area contributed by atoms with Gasteiger partial charge in [0.15, 0.2) is 0 Å². The van der Waals surface area contributed by atoms with Crippen molar-refractivity contribution in [2.75, 3.05) is 0 Å². The average Bonchev–Trinajstić information content (AvgIpc) is 1.38. The number of aliphatic imine (C=N–C) groups is 1. The van der Waals surface area contributed by atoms with Crippen LogP contribution < -0.4 is 0 Å². The predicted molar refractivity (Wildman–Crippen MR) is 24.1 cm³/mol. The summed E-state index contributed by atoms with van der Waals surface area (Å²) in [4.78, 5) is 3.56. The molecule has 6 heavy (non-hydrogen) atoms. The zero-order valence-corrected chi connectivity index (χ0v) is 5.50. The number of hydrogen-bond acceptors (Lipinski definition) is 1. The summed E-state index contributed by atoms with van der Waals surface area (Å²) in [6.45, 7) is 3.82. The van der Waals surface area contributed by atoms with Crippen molar-refractivity contribution in [3.63, 3.8) is 0 Å². The number of nitrogens with zero attached hydrogens (tertiary/aromatic N) is 1. The second-order valence-corrected chi connectivity index (χ2v) is 1.11. The minimum atomic E-state index is 0. The van der Waals surface area contributed by atoms with Gasteiger partial charge in [-0.3, -0.25) is 0 Å². The molecule has 0 aromatic carbocycles. The minimum Gasteiger partial charge on any atom is -0.458 e. The summed E-state index contributed by atoms with van der Waals surface area (Å²) in [5.74, 6) is 0. The van der Waals surface area contributed by atoms with Crippen LogP contribution in [0.25, 0.3) is 0 Å². The maximum absolute atomic E-state index is 3.56. The minimum absolute atomic E-state index is 0. The van der Waals surface area contributed by atoms with Gasteiger partial charge in [0.1, 0.15) is 0 Å². The molecular formula is C4H8NV-. The van der Waals surface area contributed by atoms with Crippen LogP contribution in [-0.2, 0) is 18.6 Å². The molecule has 0 fully saturated rings. The first-order valence-corrected chi connectivity index (χ1v) is 1.54. The summed E-state index contributed by atoms with van der Waals surface area (Å²) in [6, 6.07) is 0. The van der Waals surface area contributed by atoms with Crippen molar-refractivity contribution in [1.82, 2.24) is 0 Å². The fourth-order valence-electron chi connectivity index (χ4n) is 0. The molecular weight excluding hydrogens is 113 g/mol. The van der Waals surface area contributed by atoms with Gasteiger partial charge in [0.25, 0.3) is 0 Å². The molecule has 0 heterocycles. The van der Waals surface area contributed by atoms with Crippen LogP contribution in [0, 0.1) is 7.05 Å². The molecule has 0 aromatic rings. The van der Waals surface area contributed by atoms with E-state index in [9.17, 15) is 0 Å². The van der Waals surface area contributed by atoms with Gasteiger partial charge in [0, 0.05) is 18.6 Å². The first-order valence-electron chi connectivity index (χ1n) is 1.54. The summed E-state index contributed by atoms with van der Waals surface area (Å²) in [5, 5.41) is 0. The maximum Gasteiger partial charge on any atom is 0 e. The van der Waals surface area contributed by atoms with Crippen LogP contribution >= 0.6 is 0 Å². The van der Waals surface area contributed by atoms with Crippen LogP contribution in [0.2, 0.25) is 0 Å². The first kappa shape index (κ1) is 9.45. The van der Waals surface area contributed by atoms with E-state index in [1.807, 2.05) is 13.8 Å². The Morgan fingerprint density at radius 2 is 1.67 bits per heavy atom. The molecule has 0 spiro atoms. The quantitative estimate of drug-likeness (QED) is 0.338. The van der Waals surface area contributed by atoms with Crippen LogP contribution in [0.5, 0.6) is 0 Å². The third kappa shape index (κ3) is 8.92. The molecule has 0 saturated heterocycles. The van der Waals surface area contributed by atoms with Crippen LogP contribution in [0.15, 0.2) is 4.99 Å². The van der Waals surface area contributed by atoms with Gasteiger partial charge in [0.2, 0.25) is 0 Å². The van der Waals surface area contributed by atoms with Crippen molar-refractivity contribution in [2.24, 2.45) is 4.99 Å². The van der Waals surface area contributed by atoms with Crippen LogP contribution in [-0.4, -0.2) is 5.71 Å². The van der Waals surface area contributed by atoms with E-state index < -0.39 is 0 Å². The Morgan fingerprint density at radius 1 is 1.50 bits per heavy atom. The largest absolute Gasteiger partial charge is 0.458 e. The molecule has 2 heteroatoms. The molecule has 1 radical (unpaired) electrons. The zero-order chi connectivity index (χ0) is 4.28. The van der Waals surface area contributed by atoms with E-state index in [4.69, 9.17) is 0 Å². The summed E-state index contributed by atoms with van der Waals surface area (Å²) in [5.41, 5.74) is 1.02. The Hall–Kier alpha value is 0.124. The summed E-state index contributed by atoms with van der Waals surface area (Å²) >= 11 is 0. The van der Waals surface area contributed by atoms with Crippen molar-refractivity contribution in [1.29, 1.82) is 0 Å². The molecule has 0 amide bonds. The molecule has 0 bridgehead atoms. The Morgan fingerprint density at radius 3 is 1.67 bits per heavy atom. The average molecular weight is 121 g/mol. The number of rotatable bonds is 0. The second-order valence-electron chi connectivity index (χ2n) is 1.11. The third-order valence-electron chi connectivity index (χ3n) is 0.316. The molecule has 0 aliphatic carbocycles. The maximum atomic E-state index is 3.56. The van der Waals surface area contributed by atoms with Crippen molar-refractivity contribution in [2.45, 2.75) is 13.8 Å². The van der Waals surface area contributed by atoms with Gasteiger partial charge < -0.3 is 4.99 Å². The normalized spacial score (nSPS) is 5.67. The Kier molecular flexibility index (Phi) is 8.07. The van der Waals surface area contributed by atoms with E-state index in [-0.39, 0.29) is 18.6 Å². The van der Waals surface area contributed by atoms with E-state index in [0.29, 0.717) is 0 Å². The molecule has 0 saturated carbocycles. The van der Waals surface area contributed by atoms with Crippen molar-refractivity contribution in [3.8, 4) is 0 Å². The Balaban J connectivity index is 0. The topological polar surface area (TPSA) is 12.4 Å². The Bertz CT molecular complexity index is 45.5. The van der Waals surface area contributed by atoms with Crippen LogP contribution in [0.1, 0.15) is 13.8 Å². The molecule has 0 unspecified atom stereocenters. The van der Waals surface area contributed by atoms with Gasteiger partial charge >= 0.3 is 0 Å². The summed E-state index contributed by atoms with van der Waals surface area (Å²) < 4.78 is 0. The SMILES string of the molecule is [CH2-]N=C(C)C.[V]. The molecule has 0 atom stereocenters. The Labute approximate surface area is 50.7 Å². The van der Waals surface area contributed by atoms with Gasteiger partial charge in [0.05, 0.1) is 0 Å². The molecule has 35 valence electrons. The van der Waals surface area contributed by atoms with E-state index in [2.05, 4.69) is 12.0 Å². The van der Waals surface area contributed by atoms with E-state index in [1.165, 1.54) is 0 Å². The third-order valence-corrected chi connectivity index (χ3v) is 0.316. The molecule has 0 rings (SSSR count). The summed E-state index contributed by atoms with van der Waals surface area (Å²) in [7, 11) is 3.27. The first-order chi connectivity index (χ1) is 2.27. The van der Waals surface area contributed by atoms with Crippen molar-refractivity contribution < 1.29 is 18.6 Å². The molecule has 0 aliphatic rings. The molecule has 1 nitrogen and oxygen atoms in total. The molecule has 0 N–H and O–H groups in total. The van der Waals surface area contributed by atoms with Gasteiger partial charge in [-0.05, 0) is 0 Å². The van der Waals surface area contributed by atoms with Crippen LogP contribution in [0.3, 0.4) is 0 Å². The van der Waals surface area contributed by atoms with Crippen molar-refractivity contribution >= 4 is 5.71 Å².